The van der Waals surface area contributed by atoms with Crippen LogP contribution >= 0.6 is 11.6 Å². The van der Waals surface area contributed by atoms with E-state index < -0.39 is 22.0 Å². The summed E-state index contributed by atoms with van der Waals surface area (Å²) < 4.78 is 36.6. The second kappa shape index (κ2) is 9.84. The molecule has 2 rings (SSSR count). The Morgan fingerprint density at radius 2 is 1.83 bits per heavy atom. The van der Waals surface area contributed by atoms with Gasteiger partial charge in [-0.15, -0.1) is 0 Å². The van der Waals surface area contributed by atoms with Crippen molar-refractivity contribution in [1.29, 1.82) is 0 Å². The molecule has 0 aliphatic carbocycles. The minimum Gasteiger partial charge on any atom is -0.495 e. The molecule has 0 bridgehead atoms. The third-order valence-corrected chi connectivity index (χ3v) is 5.63. The van der Waals surface area contributed by atoms with Crippen molar-refractivity contribution in [1.82, 2.24) is 0 Å². The average Bonchev–Trinajstić information content (AvgIpc) is 2.66. The van der Waals surface area contributed by atoms with Crippen molar-refractivity contribution < 1.29 is 22.7 Å². The highest BCUT2D eigenvalue weighted by atomic mass is 35.5. The number of amides is 1. The van der Waals surface area contributed by atoms with E-state index in [4.69, 9.17) is 21.1 Å². The molecule has 29 heavy (non-hydrogen) atoms. The summed E-state index contributed by atoms with van der Waals surface area (Å²) in [4.78, 5) is 12.9. The molecule has 1 unspecified atom stereocenters. The van der Waals surface area contributed by atoms with Crippen LogP contribution in [-0.2, 0) is 14.8 Å². The number of nitrogens with one attached hydrogen (secondary N) is 1. The number of sulfonamides is 1. The molecule has 0 spiro atoms. The molecule has 1 atom stereocenters. The van der Waals surface area contributed by atoms with Crippen molar-refractivity contribution in [3.05, 3.63) is 47.5 Å². The van der Waals surface area contributed by atoms with Crippen molar-refractivity contribution in [3.8, 4) is 11.5 Å². The van der Waals surface area contributed by atoms with Crippen LogP contribution in [0.5, 0.6) is 11.5 Å². The Labute approximate surface area is 176 Å². The summed E-state index contributed by atoms with van der Waals surface area (Å²) >= 11 is 6.10. The summed E-state index contributed by atoms with van der Waals surface area (Å²) in [7, 11) is -2.23. The number of anilines is 2. The first-order valence-corrected chi connectivity index (χ1v) is 11.3. The van der Waals surface area contributed by atoms with Gasteiger partial charge >= 0.3 is 0 Å². The van der Waals surface area contributed by atoms with Gasteiger partial charge < -0.3 is 14.8 Å². The molecular weight excluding hydrogens is 416 g/mol. The van der Waals surface area contributed by atoms with Gasteiger partial charge in [0.1, 0.15) is 17.5 Å². The Morgan fingerprint density at radius 3 is 2.31 bits per heavy atom. The molecule has 0 aliphatic heterocycles. The molecular formula is C20H25ClN2O5S. The number of rotatable bonds is 9. The van der Waals surface area contributed by atoms with Gasteiger partial charge in [0.2, 0.25) is 15.9 Å². The summed E-state index contributed by atoms with van der Waals surface area (Å²) in [5, 5.41) is 3.07. The Morgan fingerprint density at radius 1 is 1.17 bits per heavy atom. The zero-order valence-electron chi connectivity index (χ0n) is 16.8. The van der Waals surface area contributed by atoms with E-state index in [1.54, 1.807) is 49.4 Å². The topological polar surface area (TPSA) is 84.9 Å². The molecule has 158 valence electrons. The molecule has 7 nitrogen and oxygen atoms in total. The van der Waals surface area contributed by atoms with Gasteiger partial charge in [-0.1, -0.05) is 18.5 Å². The van der Waals surface area contributed by atoms with Gasteiger partial charge in [-0.3, -0.25) is 9.10 Å². The standard InChI is InChI=1S/C20H25ClN2O5S/c1-5-18(20(24)22-14-7-12-19(27-3)17(21)13-14)23(29(4,25)26)15-8-10-16(11-9-15)28-6-2/h7-13,18H,5-6H2,1-4H3,(H,22,24). The van der Waals surface area contributed by atoms with Gasteiger partial charge in [-0.25, -0.2) is 8.42 Å². The maximum atomic E-state index is 12.9. The van der Waals surface area contributed by atoms with E-state index in [0.29, 0.717) is 34.5 Å². The van der Waals surface area contributed by atoms with Crippen molar-refractivity contribution in [2.75, 3.05) is 29.6 Å². The molecule has 1 N–H and O–H groups in total. The number of nitrogens with zero attached hydrogens (tertiary/aromatic N) is 1. The van der Waals surface area contributed by atoms with Crippen molar-refractivity contribution >= 4 is 38.9 Å². The lowest BCUT2D eigenvalue weighted by molar-refractivity contribution is -0.117. The van der Waals surface area contributed by atoms with Gasteiger partial charge in [-0.2, -0.15) is 0 Å². The predicted molar refractivity (Wildman–Crippen MR) is 116 cm³/mol. The minimum absolute atomic E-state index is 0.274. The van der Waals surface area contributed by atoms with E-state index in [1.807, 2.05) is 6.92 Å². The highest BCUT2D eigenvalue weighted by Crippen LogP contribution is 2.29. The highest BCUT2D eigenvalue weighted by Gasteiger charge is 2.31. The van der Waals surface area contributed by atoms with Gasteiger partial charge in [0.25, 0.3) is 0 Å². The first kappa shape index (κ1) is 22.8. The molecule has 0 radical (unpaired) electrons. The first-order chi connectivity index (χ1) is 13.7. The van der Waals surface area contributed by atoms with Crippen LogP contribution < -0.4 is 19.1 Å². The maximum Gasteiger partial charge on any atom is 0.248 e. The minimum atomic E-state index is -3.72. The van der Waals surface area contributed by atoms with Crippen LogP contribution in [0.3, 0.4) is 0 Å². The van der Waals surface area contributed by atoms with Crippen molar-refractivity contribution in [2.45, 2.75) is 26.3 Å². The molecule has 0 aliphatic rings. The number of halogens is 1. The van der Waals surface area contributed by atoms with E-state index >= 15 is 0 Å². The maximum absolute atomic E-state index is 12.9. The van der Waals surface area contributed by atoms with E-state index in [0.717, 1.165) is 10.6 Å². The van der Waals surface area contributed by atoms with Gasteiger partial charge in [0, 0.05) is 5.69 Å². The number of hydrogen-bond acceptors (Lipinski definition) is 5. The third kappa shape index (κ3) is 5.77. The number of carbonyl (C=O) groups is 1. The van der Waals surface area contributed by atoms with E-state index in [2.05, 4.69) is 5.32 Å². The van der Waals surface area contributed by atoms with E-state index in [-0.39, 0.29) is 6.42 Å². The summed E-state index contributed by atoms with van der Waals surface area (Å²) in [5.41, 5.74) is 0.824. The number of hydrogen-bond donors (Lipinski definition) is 1. The molecule has 0 heterocycles. The van der Waals surface area contributed by atoms with Gasteiger partial charge in [0.15, 0.2) is 0 Å². The second-order valence-corrected chi connectivity index (χ2v) is 8.51. The number of benzene rings is 2. The lowest BCUT2D eigenvalue weighted by Crippen LogP contribution is -2.47. The summed E-state index contributed by atoms with van der Waals surface area (Å²) in [6.07, 6.45) is 1.35. The summed E-state index contributed by atoms with van der Waals surface area (Å²) in [6, 6.07) is 10.4. The molecule has 0 aromatic heterocycles. The average molecular weight is 441 g/mol. The molecule has 0 fully saturated rings. The van der Waals surface area contributed by atoms with Crippen LogP contribution in [0.15, 0.2) is 42.5 Å². The Hall–Kier alpha value is -2.45. The van der Waals surface area contributed by atoms with E-state index in [1.165, 1.54) is 7.11 Å². The number of carbonyl (C=O) groups excluding carboxylic acids is 1. The third-order valence-electron chi connectivity index (χ3n) is 4.15. The van der Waals surface area contributed by atoms with Crippen LogP contribution in [-0.4, -0.2) is 40.3 Å². The first-order valence-electron chi connectivity index (χ1n) is 9.07. The fourth-order valence-electron chi connectivity index (χ4n) is 2.89. The second-order valence-electron chi connectivity index (χ2n) is 6.25. The zero-order chi connectivity index (χ0) is 21.6. The number of methoxy groups -OCH3 is 1. The normalized spacial score (nSPS) is 12.2. The fraction of sp³-hybridized carbons (Fsp3) is 0.350. The Kier molecular flexibility index (Phi) is 7.75. The molecule has 1 amide bonds. The monoisotopic (exact) mass is 440 g/mol. The quantitative estimate of drug-likeness (QED) is 0.638. The van der Waals surface area contributed by atoms with Crippen LogP contribution in [0, 0.1) is 0 Å². The Bertz CT molecular complexity index is 948. The summed E-state index contributed by atoms with van der Waals surface area (Å²) in [6.45, 7) is 4.11. The lowest BCUT2D eigenvalue weighted by atomic mass is 10.1. The van der Waals surface area contributed by atoms with Crippen LogP contribution in [0.2, 0.25) is 5.02 Å². The smallest absolute Gasteiger partial charge is 0.248 e. The molecule has 2 aromatic rings. The molecule has 9 heteroatoms. The molecule has 0 saturated carbocycles. The largest absolute Gasteiger partial charge is 0.495 e. The van der Waals surface area contributed by atoms with Crippen LogP contribution in [0.1, 0.15) is 20.3 Å². The van der Waals surface area contributed by atoms with Crippen molar-refractivity contribution in [3.63, 3.8) is 0 Å². The van der Waals surface area contributed by atoms with Crippen LogP contribution in [0.4, 0.5) is 11.4 Å². The van der Waals surface area contributed by atoms with Crippen LogP contribution in [0.25, 0.3) is 0 Å². The fourth-order valence-corrected chi connectivity index (χ4v) is 4.36. The predicted octanol–water partition coefficient (Wildman–Crippen LogP) is 3.93. The highest BCUT2D eigenvalue weighted by molar-refractivity contribution is 7.92. The van der Waals surface area contributed by atoms with Gasteiger partial charge in [-0.05, 0) is 55.8 Å². The van der Waals surface area contributed by atoms with E-state index in [9.17, 15) is 13.2 Å². The SMILES string of the molecule is CCOc1ccc(N(C(CC)C(=O)Nc2ccc(OC)c(Cl)c2)S(C)(=O)=O)cc1. The molecule has 2 aromatic carbocycles. The Balaban J connectivity index is 2.32. The molecule has 0 saturated heterocycles. The number of ether oxygens (including phenoxy) is 2. The lowest BCUT2D eigenvalue weighted by Gasteiger charge is -2.30. The van der Waals surface area contributed by atoms with Gasteiger partial charge in [0.05, 0.1) is 30.7 Å². The van der Waals surface area contributed by atoms with Crippen molar-refractivity contribution in [2.24, 2.45) is 0 Å². The summed E-state index contributed by atoms with van der Waals surface area (Å²) in [5.74, 6) is 0.631. The zero-order valence-corrected chi connectivity index (χ0v) is 18.4.